The number of aliphatic carboxylic acids is 1. The van der Waals surface area contributed by atoms with Crippen molar-refractivity contribution in [1.82, 2.24) is 5.32 Å². The molecule has 1 unspecified atom stereocenters. The Hall–Kier alpha value is -1.14. The fourth-order valence-corrected chi connectivity index (χ4v) is 2.79. The van der Waals surface area contributed by atoms with Crippen molar-refractivity contribution < 1.29 is 19.4 Å². The Morgan fingerprint density at radius 2 is 1.58 bits per heavy atom. The lowest BCUT2D eigenvalue weighted by Crippen LogP contribution is -2.49. The van der Waals surface area contributed by atoms with Crippen molar-refractivity contribution in [3.8, 4) is 0 Å². The first kappa shape index (κ1) is 22.9. The van der Waals surface area contributed by atoms with Crippen molar-refractivity contribution in [2.75, 3.05) is 6.61 Å². The summed E-state index contributed by atoms with van der Waals surface area (Å²) >= 11 is 0. The SMILES string of the molecule is CCC(C)(C)C(OCC(C)NC(=O)[C@@H](N)CC(=O)O)C(C)(C)CC. The van der Waals surface area contributed by atoms with Gasteiger partial charge < -0.3 is 20.9 Å². The van der Waals surface area contributed by atoms with E-state index in [0.717, 1.165) is 12.8 Å². The predicted molar refractivity (Wildman–Crippen MR) is 95.7 cm³/mol. The molecule has 0 radical (unpaired) electrons. The highest BCUT2D eigenvalue weighted by Crippen LogP contribution is 2.40. The summed E-state index contributed by atoms with van der Waals surface area (Å²) in [4.78, 5) is 22.5. The second-order valence-corrected chi connectivity index (χ2v) is 8.01. The van der Waals surface area contributed by atoms with Gasteiger partial charge in [0.2, 0.25) is 5.91 Å². The fourth-order valence-electron chi connectivity index (χ4n) is 2.79. The first-order chi connectivity index (χ1) is 10.9. The van der Waals surface area contributed by atoms with Gasteiger partial charge in [-0.25, -0.2) is 0 Å². The maximum Gasteiger partial charge on any atom is 0.305 e. The predicted octanol–water partition coefficient (Wildman–Crippen LogP) is 2.55. The summed E-state index contributed by atoms with van der Waals surface area (Å²) in [5.74, 6) is -1.55. The van der Waals surface area contributed by atoms with Gasteiger partial charge in [-0.15, -0.1) is 0 Å². The number of nitrogens with one attached hydrogen (secondary N) is 1. The average Bonchev–Trinajstić information content (AvgIpc) is 2.46. The minimum absolute atomic E-state index is 0.0168. The van der Waals surface area contributed by atoms with Gasteiger partial charge in [0.1, 0.15) is 0 Å². The van der Waals surface area contributed by atoms with Crippen molar-refractivity contribution >= 4 is 11.9 Å². The summed E-state index contributed by atoms with van der Waals surface area (Å²) in [6, 6.07) is -1.28. The number of carboxylic acid groups (broad SMARTS) is 1. The van der Waals surface area contributed by atoms with Crippen LogP contribution in [-0.4, -0.2) is 41.8 Å². The van der Waals surface area contributed by atoms with Crippen LogP contribution in [0, 0.1) is 10.8 Å². The van der Waals surface area contributed by atoms with Gasteiger partial charge in [-0.2, -0.15) is 0 Å². The summed E-state index contributed by atoms with van der Waals surface area (Å²) in [6.07, 6.45) is 1.65. The summed E-state index contributed by atoms with van der Waals surface area (Å²) in [5.41, 5.74) is 5.60. The lowest BCUT2D eigenvalue weighted by Gasteiger charge is -2.44. The summed E-state index contributed by atoms with van der Waals surface area (Å²) < 4.78 is 6.21. The minimum Gasteiger partial charge on any atom is -0.481 e. The monoisotopic (exact) mass is 344 g/mol. The number of ether oxygens (including phenoxy) is 1. The maximum absolute atomic E-state index is 11.9. The summed E-state index contributed by atoms with van der Waals surface area (Å²) in [5, 5.41) is 11.4. The molecule has 0 aliphatic heterocycles. The third-order valence-electron chi connectivity index (χ3n) is 4.87. The van der Waals surface area contributed by atoms with E-state index in [1.54, 1.807) is 0 Å². The second kappa shape index (κ2) is 9.37. The lowest BCUT2D eigenvalue weighted by molar-refractivity contribution is -0.139. The van der Waals surface area contributed by atoms with Crippen LogP contribution in [0.25, 0.3) is 0 Å². The molecule has 0 spiro atoms. The van der Waals surface area contributed by atoms with E-state index >= 15 is 0 Å². The van der Waals surface area contributed by atoms with E-state index in [4.69, 9.17) is 15.6 Å². The zero-order valence-corrected chi connectivity index (χ0v) is 16.3. The molecule has 0 rings (SSSR count). The van der Waals surface area contributed by atoms with Crippen LogP contribution in [0.15, 0.2) is 0 Å². The Balaban J connectivity index is 4.75. The van der Waals surface area contributed by atoms with Crippen LogP contribution in [0.5, 0.6) is 0 Å². The molecule has 4 N–H and O–H groups in total. The Kier molecular flexibility index (Phi) is 8.93. The molecule has 0 bridgehead atoms. The first-order valence-electron chi connectivity index (χ1n) is 8.76. The zero-order valence-electron chi connectivity index (χ0n) is 16.3. The average molecular weight is 344 g/mol. The van der Waals surface area contributed by atoms with Gasteiger partial charge >= 0.3 is 5.97 Å². The zero-order chi connectivity index (χ0) is 19.1. The van der Waals surface area contributed by atoms with E-state index < -0.39 is 17.9 Å². The van der Waals surface area contributed by atoms with Gasteiger partial charge in [0.15, 0.2) is 0 Å². The number of carbonyl (C=O) groups excluding carboxylic acids is 1. The maximum atomic E-state index is 11.9. The van der Waals surface area contributed by atoms with Crippen LogP contribution in [0.4, 0.5) is 0 Å². The molecule has 0 saturated heterocycles. The van der Waals surface area contributed by atoms with E-state index in [-0.39, 0.29) is 29.4 Å². The first-order valence-corrected chi connectivity index (χ1v) is 8.76. The third-order valence-corrected chi connectivity index (χ3v) is 4.87. The van der Waals surface area contributed by atoms with Crippen molar-refractivity contribution in [2.45, 2.75) is 85.9 Å². The number of amides is 1. The van der Waals surface area contributed by atoms with E-state index in [1.807, 2.05) is 6.92 Å². The van der Waals surface area contributed by atoms with Crippen LogP contribution in [0.2, 0.25) is 0 Å². The number of hydrogen-bond donors (Lipinski definition) is 3. The van der Waals surface area contributed by atoms with Gasteiger partial charge in [0.05, 0.1) is 25.2 Å². The molecule has 0 heterocycles. The molecule has 0 aromatic rings. The standard InChI is InChI=1S/C18H36N2O4/c1-8-17(4,5)16(18(6,7)9-2)24-11-12(3)20-15(23)13(19)10-14(21)22/h12-13,16H,8-11,19H2,1-7H3,(H,20,23)(H,21,22)/t12?,13-/m0/s1. The largest absolute Gasteiger partial charge is 0.481 e. The second-order valence-electron chi connectivity index (χ2n) is 8.01. The van der Waals surface area contributed by atoms with E-state index in [9.17, 15) is 9.59 Å². The van der Waals surface area contributed by atoms with Crippen LogP contribution in [0.3, 0.4) is 0 Å². The van der Waals surface area contributed by atoms with E-state index in [2.05, 4.69) is 46.9 Å². The molecule has 6 heteroatoms. The van der Waals surface area contributed by atoms with E-state index in [1.165, 1.54) is 0 Å². The number of carboxylic acids is 1. The van der Waals surface area contributed by atoms with Crippen LogP contribution in [-0.2, 0) is 14.3 Å². The van der Waals surface area contributed by atoms with Crippen molar-refractivity contribution in [3.63, 3.8) is 0 Å². The molecule has 0 aromatic carbocycles. The smallest absolute Gasteiger partial charge is 0.305 e. The molecule has 1 amide bonds. The molecular formula is C18H36N2O4. The number of rotatable bonds is 11. The van der Waals surface area contributed by atoms with E-state index in [0.29, 0.717) is 6.61 Å². The van der Waals surface area contributed by atoms with Gasteiger partial charge in [-0.1, -0.05) is 41.5 Å². The topological polar surface area (TPSA) is 102 Å². The Morgan fingerprint density at radius 3 is 1.96 bits per heavy atom. The molecule has 0 saturated carbocycles. The molecular weight excluding hydrogens is 308 g/mol. The lowest BCUT2D eigenvalue weighted by atomic mass is 9.69. The fraction of sp³-hybridized carbons (Fsp3) is 0.889. The summed E-state index contributed by atoms with van der Waals surface area (Å²) in [6.45, 7) is 15.3. The number of carbonyl (C=O) groups is 2. The molecule has 0 aromatic heterocycles. The molecule has 142 valence electrons. The third kappa shape index (κ3) is 7.18. The van der Waals surface area contributed by atoms with Crippen molar-refractivity contribution in [3.05, 3.63) is 0 Å². The number of nitrogens with two attached hydrogens (primary N) is 1. The van der Waals surface area contributed by atoms with Crippen LogP contribution in [0.1, 0.15) is 67.7 Å². The molecule has 6 nitrogen and oxygen atoms in total. The van der Waals surface area contributed by atoms with Crippen molar-refractivity contribution in [1.29, 1.82) is 0 Å². The highest BCUT2D eigenvalue weighted by Gasteiger charge is 2.39. The van der Waals surface area contributed by atoms with Gasteiger partial charge in [0, 0.05) is 6.04 Å². The molecule has 0 fully saturated rings. The Morgan fingerprint density at radius 1 is 1.12 bits per heavy atom. The molecule has 24 heavy (non-hydrogen) atoms. The Bertz CT molecular complexity index is 405. The highest BCUT2D eigenvalue weighted by atomic mass is 16.5. The van der Waals surface area contributed by atoms with Gasteiger partial charge in [-0.05, 0) is 30.6 Å². The normalized spacial score (nSPS) is 15.2. The molecule has 0 aliphatic carbocycles. The van der Waals surface area contributed by atoms with Gasteiger partial charge in [-0.3, -0.25) is 9.59 Å². The van der Waals surface area contributed by atoms with Crippen LogP contribution >= 0.6 is 0 Å². The number of hydrogen-bond acceptors (Lipinski definition) is 4. The van der Waals surface area contributed by atoms with Gasteiger partial charge in [0.25, 0.3) is 0 Å². The quantitative estimate of drug-likeness (QED) is 0.534. The van der Waals surface area contributed by atoms with Crippen molar-refractivity contribution in [2.24, 2.45) is 16.6 Å². The summed E-state index contributed by atoms with van der Waals surface area (Å²) in [7, 11) is 0. The molecule has 2 atom stereocenters. The minimum atomic E-state index is -1.09. The van der Waals surface area contributed by atoms with Crippen LogP contribution < -0.4 is 11.1 Å². The molecule has 0 aliphatic rings. The highest BCUT2D eigenvalue weighted by molar-refractivity contribution is 5.86. The Labute approximate surface area is 146 Å².